The quantitative estimate of drug-likeness (QED) is 0.385. The number of benzene rings is 2. The van der Waals surface area contributed by atoms with Crippen molar-refractivity contribution < 1.29 is 4.74 Å². The molecule has 33 heavy (non-hydrogen) atoms. The minimum absolute atomic E-state index is 0.0155. The minimum atomic E-state index is -0.0155. The van der Waals surface area contributed by atoms with E-state index in [0.29, 0.717) is 0 Å². The molecule has 6 nitrogen and oxygen atoms in total. The number of rotatable bonds is 9. The van der Waals surface area contributed by atoms with E-state index in [1.54, 1.807) is 12.7 Å². The molecule has 4 aromatic rings. The van der Waals surface area contributed by atoms with Gasteiger partial charge in [-0.3, -0.25) is 0 Å². The molecule has 1 saturated heterocycles. The van der Waals surface area contributed by atoms with Crippen molar-refractivity contribution in [1.82, 2.24) is 24.2 Å². The number of piperidine rings is 1. The Labute approximate surface area is 195 Å². The molecule has 0 saturated carbocycles. The van der Waals surface area contributed by atoms with Crippen LogP contribution < -0.4 is 0 Å². The summed E-state index contributed by atoms with van der Waals surface area (Å²) in [6.07, 6.45) is 9.91. The summed E-state index contributed by atoms with van der Waals surface area (Å²) < 4.78 is 10.3. The Morgan fingerprint density at radius 3 is 2.58 bits per heavy atom. The van der Waals surface area contributed by atoms with Crippen LogP contribution in [0.15, 0.2) is 73.4 Å². The average Bonchev–Trinajstić information content (AvgIpc) is 3.51. The smallest absolute Gasteiger partial charge is 0.137 e. The number of ether oxygens (including phenoxy) is 1. The topological polar surface area (TPSA) is 48.1 Å². The van der Waals surface area contributed by atoms with Crippen molar-refractivity contribution in [2.75, 3.05) is 26.7 Å². The maximum atomic E-state index is 6.05. The molecule has 0 aliphatic carbocycles. The fourth-order valence-corrected chi connectivity index (χ4v) is 5.11. The van der Waals surface area contributed by atoms with Crippen LogP contribution in [0, 0.1) is 0 Å². The summed E-state index contributed by atoms with van der Waals surface area (Å²) in [7, 11) is 1.88. The molecule has 172 valence electrons. The minimum Gasteiger partial charge on any atom is -0.378 e. The van der Waals surface area contributed by atoms with Crippen molar-refractivity contribution >= 4 is 10.9 Å². The van der Waals surface area contributed by atoms with Gasteiger partial charge in [0, 0.05) is 44.9 Å². The Balaban J connectivity index is 1.12. The Morgan fingerprint density at radius 2 is 1.82 bits per heavy atom. The van der Waals surface area contributed by atoms with Crippen molar-refractivity contribution in [1.29, 1.82) is 0 Å². The van der Waals surface area contributed by atoms with Crippen molar-refractivity contribution in [2.45, 2.75) is 44.4 Å². The fourth-order valence-electron chi connectivity index (χ4n) is 5.11. The zero-order chi connectivity index (χ0) is 22.5. The molecule has 2 aromatic heterocycles. The molecule has 0 radical (unpaired) electrons. The van der Waals surface area contributed by atoms with Gasteiger partial charge in [0.15, 0.2) is 0 Å². The molecule has 1 aliphatic heterocycles. The van der Waals surface area contributed by atoms with Gasteiger partial charge in [0.05, 0.1) is 12.1 Å². The number of methoxy groups -OCH3 is 1. The number of hydrogen-bond acceptors (Lipinski definition) is 4. The summed E-state index contributed by atoms with van der Waals surface area (Å²) >= 11 is 0. The zero-order valence-electron chi connectivity index (χ0n) is 19.4. The largest absolute Gasteiger partial charge is 0.378 e. The SMILES string of the molecule is COC1(Cc2ccccc2)CCN(CCCn2ccc3cc(Cn4cncn4)ccc32)CC1. The second-order valence-electron chi connectivity index (χ2n) is 9.24. The van der Waals surface area contributed by atoms with Gasteiger partial charge in [-0.05, 0) is 60.5 Å². The first-order valence-electron chi connectivity index (χ1n) is 11.9. The summed E-state index contributed by atoms with van der Waals surface area (Å²) in [5.74, 6) is 0. The van der Waals surface area contributed by atoms with Gasteiger partial charge in [-0.2, -0.15) is 5.10 Å². The second kappa shape index (κ2) is 9.89. The Bertz CT molecular complexity index is 1140. The Morgan fingerprint density at radius 1 is 0.970 bits per heavy atom. The normalized spacial score (nSPS) is 16.4. The Hall–Kier alpha value is -2.96. The predicted octanol–water partition coefficient (Wildman–Crippen LogP) is 4.39. The fraction of sp³-hybridized carbons (Fsp3) is 0.407. The second-order valence-corrected chi connectivity index (χ2v) is 9.24. The third kappa shape index (κ3) is 5.18. The van der Waals surface area contributed by atoms with Gasteiger partial charge in [-0.1, -0.05) is 36.4 Å². The number of nitrogens with zero attached hydrogens (tertiary/aromatic N) is 5. The van der Waals surface area contributed by atoms with Crippen LogP contribution in [0.4, 0.5) is 0 Å². The highest BCUT2D eigenvalue weighted by Crippen LogP contribution is 2.30. The van der Waals surface area contributed by atoms with Gasteiger partial charge < -0.3 is 14.2 Å². The van der Waals surface area contributed by atoms with E-state index in [1.165, 1.54) is 22.0 Å². The van der Waals surface area contributed by atoms with Crippen molar-refractivity contribution in [2.24, 2.45) is 0 Å². The van der Waals surface area contributed by atoms with Gasteiger partial charge in [-0.25, -0.2) is 9.67 Å². The highest BCUT2D eigenvalue weighted by Gasteiger charge is 2.34. The maximum absolute atomic E-state index is 6.05. The zero-order valence-corrected chi connectivity index (χ0v) is 19.4. The molecule has 5 rings (SSSR count). The lowest BCUT2D eigenvalue weighted by Crippen LogP contribution is -2.47. The van der Waals surface area contributed by atoms with Gasteiger partial charge >= 0.3 is 0 Å². The average molecular weight is 444 g/mol. The van der Waals surface area contributed by atoms with Crippen LogP contribution in [0.25, 0.3) is 10.9 Å². The van der Waals surface area contributed by atoms with E-state index < -0.39 is 0 Å². The number of aryl methyl sites for hydroxylation is 1. The summed E-state index contributed by atoms with van der Waals surface area (Å²) in [4.78, 5) is 6.63. The molecule has 3 heterocycles. The number of likely N-dealkylation sites (tertiary alicyclic amines) is 1. The Kier molecular flexibility index (Phi) is 6.55. The van der Waals surface area contributed by atoms with Crippen LogP contribution in [0.5, 0.6) is 0 Å². The third-order valence-corrected chi connectivity index (χ3v) is 7.09. The molecule has 6 heteroatoms. The van der Waals surface area contributed by atoms with Gasteiger partial charge in [0.25, 0.3) is 0 Å². The van der Waals surface area contributed by atoms with Crippen LogP contribution in [0.2, 0.25) is 0 Å². The van der Waals surface area contributed by atoms with E-state index in [-0.39, 0.29) is 5.60 Å². The van der Waals surface area contributed by atoms with E-state index in [2.05, 4.69) is 80.3 Å². The van der Waals surface area contributed by atoms with Gasteiger partial charge in [-0.15, -0.1) is 0 Å². The molecule has 1 fully saturated rings. The molecule has 0 bridgehead atoms. The lowest BCUT2D eigenvalue weighted by molar-refractivity contribution is -0.0566. The van der Waals surface area contributed by atoms with Crippen LogP contribution in [0.1, 0.15) is 30.4 Å². The lowest BCUT2D eigenvalue weighted by Gasteiger charge is -2.41. The van der Waals surface area contributed by atoms with Crippen LogP contribution >= 0.6 is 0 Å². The van der Waals surface area contributed by atoms with E-state index in [9.17, 15) is 0 Å². The maximum Gasteiger partial charge on any atom is 0.137 e. The highest BCUT2D eigenvalue weighted by atomic mass is 16.5. The summed E-state index contributed by atoms with van der Waals surface area (Å²) in [6.45, 7) is 5.15. The molecule has 0 amide bonds. The van der Waals surface area contributed by atoms with E-state index in [0.717, 1.165) is 58.4 Å². The first-order chi connectivity index (χ1) is 16.2. The molecule has 0 unspecified atom stereocenters. The standard InChI is InChI=1S/C27H33N5O/c1-33-27(19-23-6-3-2-4-7-23)11-16-30(17-12-27)13-5-14-31-15-10-25-18-24(8-9-26(25)31)20-32-22-28-21-29-32/h2-4,6-10,15,18,21-22H,5,11-14,16-17,19-20H2,1H3. The summed E-state index contributed by atoms with van der Waals surface area (Å²) in [5, 5.41) is 5.49. The van der Waals surface area contributed by atoms with E-state index in [4.69, 9.17) is 4.74 Å². The van der Waals surface area contributed by atoms with Gasteiger partial charge in [0.1, 0.15) is 12.7 Å². The third-order valence-electron chi connectivity index (χ3n) is 7.09. The predicted molar refractivity (Wildman–Crippen MR) is 131 cm³/mol. The monoisotopic (exact) mass is 443 g/mol. The summed E-state index contributed by atoms with van der Waals surface area (Å²) in [6, 6.07) is 19.7. The number of aromatic nitrogens is 4. The molecule has 0 N–H and O–H groups in total. The van der Waals surface area contributed by atoms with E-state index in [1.807, 2.05) is 11.8 Å². The van der Waals surface area contributed by atoms with Crippen LogP contribution in [-0.2, 0) is 24.2 Å². The van der Waals surface area contributed by atoms with Crippen LogP contribution in [-0.4, -0.2) is 56.6 Å². The first-order valence-corrected chi connectivity index (χ1v) is 11.9. The molecule has 0 spiro atoms. The molecule has 2 aromatic carbocycles. The number of hydrogen-bond donors (Lipinski definition) is 0. The van der Waals surface area contributed by atoms with Crippen LogP contribution in [0.3, 0.4) is 0 Å². The van der Waals surface area contributed by atoms with Crippen molar-refractivity contribution in [3.63, 3.8) is 0 Å². The van der Waals surface area contributed by atoms with Gasteiger partial charge in [0.2, 0.25) is 0 Å². The number of fused-ring (bicyclic) bond motifs is 1. The lowest BCUT2D eigenvalue weighted by atomic mass is 9.85. The molecule has 0 atom stereocenters. The first kappa shape index (κ1) is 21.9. The van der Waals surface area contributed by atoms with E-state index >= 15 is 0 Å². The molecular weight excluding hydrogens is 410 g/mol. The molecular formula is C27H33N5O. The highest BCUT2D eigenvalue weighted by molar-refractivity contribution is 5.80. The van der Waals surface area contributed by atoms with Crippen molar-refractivity contribution in [3.8, 4) is 0 Å². The summed E-state index contributed by atoms with van der Waals surface area (Å²) in [5.41, 5.74) is 3.91. The van der Waals surface area contributed by atoms with Crippen molar-refractivity contribution in [3.05, 3.63) is 84.6 Å². The molecule has 1 aliphatic rings.